The molecule has 0 aliphatic carbocycles. The number of anilines is 1. The summed E-state index contributed by atoms with van der Waals surface area (Å²) in [5, 5.41) is 2.57. The number of carbonyl (C=O) groups is 1. The molecule has 0 aliphatic rings. The van der Waals surface area contributed by atoms with Crippen LogP contribution in [0.5, 0.6) is 0 Å². The lowest BCUT2D eigenvalue weighted by Crippen LogP contribution is -2.15. The first-order valence-corrected chi connectivity index (χ1v) is 9.49. The fraction of sp³-hybridized carbons (Fsp3) is 0.200. The molecule has 1 aromatic heterocycles. The summed E-state index contributed by atoms with van der Waals surface area (Å²) in [6.07, 6.45) is 1.67. The Labute approximate surface area is 142 Å². The van der Waals surface area contributed by atoms with Crippen LogP contribution in [0.3, 0.4) is 0 Å². The Hall–Kier alpha value is -2.00. The number of halogens is 2. The van der Waals surface area contributed by atoms with E-state index in [9.17, 15) is 22.0 Å². The van der Waals surface area contributed by atoms with E-state index in [2.05, 4.69) is 10.3 Å². The molecule has 0 bridgehead atoms. The Kier molecular flexibility index (Phi) is 6.27. The van der Waals surface area contributed by atoms with E-state index < -0.39 is 20.5 Å². The van der Waals surface area contributed by atoms with Gasteiger partial charge in [0.25, 0.3) is 0 Å². The van der Waals surface area contributed by atoms with Crippen LogP contribution in [0.4, 0.5) is 14.5 Å². The minimum Gasteiger partial charge on any atom is -0.325 e. The molecule has 2 rings (SSSR count). The first kappa shape index (κ1) is 18.3. The fourth-order valence-electron chi connectivity index (χ4n) is 1.76. The van der Waals surface area contributed by atoms with Crippen LogP contribution >= 0.6 is 11.8 Å². The number of thioether (sulfide) groups is 1. The normalized spacial score (nSPS) is 11.5. The molecule has 5 nitrogen and oxygen atoms in total. The Morgan fingerprint density at radius 2 is 1.88 bits per heavy atom. The monoisotopic (exact) mass is 372 g/mol. The highest BCUT2D eigenvalue weighted by Gasteiger charge is 2.26. The number of sulfone groups is 1. The maximum absolute atomic E-state index is 12.4. The van der Waals surface area contributed by atoms with Gasteiger partial charge in [0.15, 0.2) is 0 Å². The second-order valence-electron chi connectivity index (χ2n) is 4.69. The van der Waals surface area contributed by atoms with E-state index in [0.717, 1.165) is 17.8 Å². The Morgan fingerprint density at radius 3 is 2.46 bits per heavy atom. The maximum atomic E-state index is 12.4. The topological polar surface area (TPSA) is 76.1 Å². The molecule has 1 amide bonds. The van der Waals surface area contributed by atoms with Gasteiger partial charge in [-0.15, -0.1) is 11.8 Å². The van der Waals surface area contributed by atoms with E-state index in [0.29, 0.717) is 11.4 Å². The molecule has 0 radical (unpaired) electrons. The number of nitrogens with one attached hydrogen (secondary N) is 1. The molecule has 0 saturated carbocycles. The van der Waals surface area contributed by atoms with Crippen molar-refractivity contribution in [1.29, 1.82) is 0 Å². The molecule has 1 aromatic carbocycles. The molecule has 0 saturated heterocycles. The molecule has 1 N–H and O–H groups in total. The van der Waals surface area contributed by atoms with Crippen LogP contribution in [0.25, 0.3) is 0 Å². The number of benzene rings is 1. The zero-order valence-electron chi connectivity index (χ0n) is 12.4. The van der Waals surface area contributed by atoms with Crippen LogP contribution < -0.4 is 5.32 Å². The average Bonchev–Trinajstić information content (AvgIpc) is 2.56. The summed E-state index contributed by atoms with van der Waals surface area (Å²) in [5.74, 6) is -2.98. The molecular weight excluding hydrogens is 358 g/mol. The average molecular weight is 372 g/mol. The Balaban J connectivity index is 1.86. The minimum atomic E-state index is -4.62. The Bertz CT molecular complexity index is 782. The number of amides is 1. The summed E-state index contributed by atoms with van der Waals surface area (Å²) in [4.78, 5) is 15.5. The molecule has 2 aromatic rings. The fourth-order valence-corrected chi connectivity index (χ4v) is 3.22. The second-order valence-corrected chi connectivity index (χ2v) is 7.60. The number of carbonyl (C=O) groups excluding carboxylic acids is 1. The molecule has 0 fully saturated rings. The van der Waals surface area contributed by atoms with E-state index in [1.165, 1.54) is 23.9 Å². The number of hydrogen-bond donors (Lipinski definition) is 1. The summed E-state index contributed by atoms with van der Waals surface area (Å²) in [6.45, 7) is 0. The van der Waals surface area contributed by atoms with E-state index in [1.54, 1.807) is 12.3 Å². The predicted molar refractivity (Wildman–Crippen MR) is 88.7 cm³/mol. The van der Waals surface area contributed by atoms with Crippen molar-refractivity contribution >= 4 is 33.2 Å². The lowest BCUT2D eigenvalue weighted by atomic mass is 10.3. The lowest BCUT2D eigenvalue weighted by Gasteiger charge is -2.07. The van der Waals surface area contributed by atoms with Crippen LogP contribution in [0.15, 0.2) is 53.6 Å². The van der Waals surface area contributed by atoms with Gasteiger partial charge in [0.2, 0.25) is 15.7 Å². The zero-order chi connectivity index (χ0) is 17.6. The Morgan fingerprint density at radius 1 is 1.17 bits per heavy atom. The van der Waals surface area contributed by atoms with Crippen molar-refractivity contribution in [3.63, 3.8) is 0 Å². The molecule has 128 valence electrons. The van der Waals surface area contributed by atoms with Gasteiger partial charge in [-0.2, -0.15) is 8.78 Å². The first-order valence-electron chi connectivity index (χ1n) is 6.79. The van der Waals surface area contributed by atoms with Crippen molar-refractivity contribution in [2.75, 3.05) is 11.1 Å². The number of aromatic nitrogens is 1. The number of alkyl halides is 2. The molecule has 9 heteroatoms. The third-order valence-corrected chi connectivity index (χ3v) is 5.27. The van der Waals surface area contributed by atoms with Gasteiger partial charge < -0.3 is 5.32 Å². The summed E-state index contributed by atoms with van der Waals surface area (Å²) >= 11 is 1.38. The minimum absolute atomic E-state index is 0.188. The lowest BCUT2D eigenvalue weighted by molar-refractivity contribution is -0.113. The third kappa shape index (κ3) is 5.00. The van der Waals surface area contributed by atoms with Crippen molar-refractivity contribution in [1.82, 2.24) is 4.98 Å². The van der Waals surface area contributed by atoms with E-state index in [4.69, 9.17) is 0 Å². The molecule has 24 heavy (non-hydrogen) atoms. The van der Waals surface area contributed by atoms with Gasteiger partial charge in [-0.25, -0.2) is 8.42 Å². The smallest absolute Gasteiger partial charge is 0.325 e. The molecule has 0 atom stereocenters. The summed E-state index contributed by atoms with van der Waals surface area (Å²) in [6, 6.07) is 10.1. The molecule has 0 spiro atoms. The second kappa shape index (κ2) is 8.20. The highest BCUT2D eigenvalue weighted by Crippen LogP contribution is 2.20. The number of hydrogen-bond acceptors (Lipinski definition) is 5. The van der Waals surface area contributed by atoms with Crippen LogP contribution in [0.1, 0.15) is 5.69 Å². The highest BCUT2D eigenvalue weighted by atomic mass is 32.2. The van der Waals surface area contributed by atoms with Crippen LogP contribution in [0, 0.1) is 0 Å². The number of pyridine rings is 1. The summed E-state index contributed by atoms with van der Waals surface area (Å²) in [5.41, 5.74) is 1.20. The highest BCUT2D eigenvalue weighted by molar-refractivity contribution is 7.99. The van der Waals surface area contributed by atoms with Gasteiger partial charge in [0.1, 0.15) is 0 Å². The van der Waals surface area contributed by atoms with E-state index in [-0.39, 0.29) is 11.7 Å². The summed E-state index contributed by atoms with van der Waals surface area (Å²) in [7, 11) is -4.62. The van der Waals surface area contributed by atoms with Gasteiger partial charge in [-0.3, -0.25) is 9.78 Å². The van der Waals surface area contributed by atoms with Crippen molar-refractivity contribution in [3.8, 4) is 0 Å². The number of rotatable bonds is 7. The zero-order valence-corrected chi connectivity index (χ0v) is 14.0. The van der Waals surface area contributed by atoms with Gasteiger partial charge in [-0.05, 0) is 36.4 Å². The summed E-state index contributed by atoms with van der Waals surface area (Å²) < 4.78 is 47.4. The van der Waals surface area contributed by atoms with Crippen LogP contribution in [-0.4, -0.2) is 30.8 Å². The van der Waals surface area contributed by atoms with Gasteiger partial charge >= 0.3 is 5.76 Å². The third-order valence-electron chi connectivity index (χ3n) is 2.91. The first-order chi connectivity index (χ1) is 11.4. The van der Waals surface area contributed by atoms with Crippen molar-refractivity contribution < 1.29 is 22.0 Å². The molecular formula is C15H14F2N2O3S2. The van der Waals surface area contributed by atoms with Gasteiger partial charge in [0.05, 0.1) is 16.3 Å². The molecule has 0 aliphatic heterocycles. The maximum Gasteiger partial charge on any atom is 0.341 e. The van der Waals surface area contributed by atoms with Crippen molar-refractivity contribution in [2.45, 2.75) is 16.4 Å². The standard InChI is InChI=1S/C15H14F2N2O3S2/c16-15(17)24(21,22)13-6-4-11(5-7-13)19-14(20)10-23-9-12-3-1-2-8-18-12/h1-8,15H,9-10H2,(H,19,20). The van der Waals surface area contributed by atoms with Crippen molar-refractivity contribution in [3.05, 3.63) is 54.4 Å². The van der Waals surface area contributed by atoms with Crippen molar-refractivity contribution in [2.24, 2.45) is 0 Å². The number of nitrogens with zero attached hydrogens (tertiary/aromatic N) is 1. The van der Waals surface area contributed by atoms with Crippen LogP contribution in [0.2, 0.25) is 0 Å². The molecule has 0 unspecified atom stereocenters. The SMILES string of the molecule is O=C(CSCc1ccccn1)Nc1ccc(S(=O)(=O)C(F)F)cc1. The largest absolute Gasteiger partial charge is 0.341 e. The van der Waals surface area contributed by atoms with E-state index >= 15 is 0 Å². The quantitative estimate of drug-likeness (QED) is 0.809. The van der Waals surface area contributed by atoms with Crippen LogP contribution in [-0.2, 0) is 20.4 Å². The predicted octanol–water partition coefficient (Wildman–Crippen LogP) is 2.95. The van der Waals surface area contributed by atoms with Gasteiger partial charge in [0, 0.05) is 17.6 Å². The van der Waals surface area contributed by atoms with Gasteiger partial charge in [-0.1, -0.05) is 6.07 Å². The van der Waals surface area contributed by atoms with E-state index in [1.807, 2.05) is 12.1 Å². The molecule has 1 heterocycles.